The Kier molecular flexibility index (Phi) is 6.43. The van der Waals surface area contributed by atoms with Gasteiger partial charge in [-0.05, 0) is 48.6 Å². The number of rotatable bonds is 5. The van der Waals surface area contributed by atoms with Gasteiger partial charge < -0.3 is 4.74 Å². The number of ether oxygens (including phenoxy) is 1. The van der Waals surface area contributed by atoms with Gasteiger partial charge in [0.15, 0.2) is 0 Å². The molecule has 5 nitrogen and oxygen atoms in total. The lowest BCUT2D eigenvalue weighted by atomic mass is 9.94. The van der Waals surface area contributed by atoms with Gasteiger partial charge in [0.05, 0.1) is 10.5 Å². The fourth-order valence-corrected chi connectivity index (χ4v) is 5.43. The van der Waals surface area contributed by atoms with E-state index in [0.717, 1.165) is 6.42 Å². The third-order valence-corrected chi connectivity index (χ3v) is 7.09. The average Bonchev–Trinajstić information content (AvgIpc) is 2.66. The monoisotopic (exact) mass is 421 g/mol. The van der Waals surface area contributed by atoms with Crippen molar-refractivity contribution >= 4 is 27.6 Å². The van der Waals surface area contributed by atoms with E-state index in [0.29, 0.717) is 41.1 Å². The largest absolute Gasteiger partial charge is 0.457 e. The molecule has 0 bridgehead atoms. The highest BCUT2D eigenvalue weighted by atomic mass is 35.5. The van der Waals surface area contributed by atoms with Gasteiger partial charge in [-0.3, -0.25) is 0 Å². The number of benzene rings is 2. The Morgan fingerprint density at radius 2 is 1.68 bits per heavy atom. The summed E-state index contributed by atoms with van der Waals surface area (Å²) in [4.78, 5) is 12.4. The summed E-state index contributed by atoms with van der Waals surface area (Å²) >= 11 is 6.06. The van der Waals surface area contributed by atoms with E-state index in [9.17, 15) is 13.2 Å². The van der Waals surface area contributed by atoms with Crippen LogP contribution in [0.2, 0.25) is 5.02 Å². The van der Waals surface area contributed by atoms with Crippen LogP contribution < -0.4 is 0 Å². The van der Waals surface area contributed by atoms with Crippen molar-refractivity contribution in [2.24, 2.45) is 11.8 Å². The maximum absolute atomic E-state index is 12.9. The first-order valence-corrected chi connectivity index (χ1v) is 11.1. The molecule has 1 saturated heterocycles. The molecule has 1 heterocycles. The van der Waals surface area contributed by atoms with Crippen LogP contribution in [0.25, 0.3) is 0 Å². The molecule has 0 aromatic heterocycles. The Morgan fingerprint density at radius 3 is 2.29 bits per heavy atom. The molecule has 0 spiro atoms. The summed E-state index contributed by atoms with van der Waals surface area (Å²) in [7, 11) is -3.57. The first-order valence-electron chi connectivity index (χ1n) is 9.28. The number of hydrogen-bond acceptors (Lipinski definition) is 4. The van der Waals surface area contributed by atoms with Gasteiger partial charge in [0, 0.05) is 23.7 Å². The number of esters is 1. The minimum absolute atomic E-state index is 0.0577. The van der Waals surface area contributed by atoms with Crippen molar-refractivity contribution in [3.8, 4) is 0 Å². The standard InChI is InChI=1S/C21H24ClNO4S/c1-15-11-16(2)13-23(12-15)28(25,26)19-9-7-17(8-10-19)21(24)27-14-18-5-3-4-6-20(18)22/h3-10,15-16H,11-14H2,1-2H3/t15-,16+. The number of hydrogen-bond donors (Lipinski definition) is 0. The highest BCUT2D eigenvalue weighted by molar-refractivity contribution is 7.89. The Morgan fingerprint density at radius 1 is 1.07 bits per heavy atom. The summed E-state index contributed by atoms with van der Waals surface area (Å²) in [6, 6.07) is 13.0. The van der Waals surface area contributed by atoms with Crippen LogP contribution in [-0.2, 0) is 21.4 Å². The highest BCUT2D eigenvalue weighted by Gasteiger charge is 2.31. The molecule has 0 aliphatic carbocycles. The van der Waals surface area contributed by atoms with Crippen LogP contribution in [0.1, 0.15) is 36.2 Å². The Bertz CT molecular complexity index is 933. The van der Waals surface area contributed by atoms with E-state index in [4.69, 9.17) is 16.3 Å². The summed E-state index contributed by atoms with van der Waals surface area (Å²) in [5.41, 5.74) is 1.01. The van der Waals surface area contributed by atoms with Gasteiger partial charge in [0.25, 0.3) is 0 Å². The van der Waals surface area contributed by atoms with Gasteiger partial charge in [-0.2, -0.15) is 4.31 Å². The number of sulfonamides is 1. The fourth-order valence-electron chi connectivity index (χ4n) is 3.56. The second-order valence-electron chi connectivity index (χ2n) is 7.46. The maximum atomic E-state index is 12.9. The van der Waals surface area contributed by atoms with Crippen molar-refractivity contribution in [2.45, 2.75) is 31.8 Å². The Hall–Kier alpha value is -1.89. The zero-order valence-electron chi connectivity index (χ0n) is 16.0. The van der Waals surface area contributed by atoms with E-state index < -0.39 is 16.0 Å². The summed E-state index contributed by atoms with van der Waals surface area (Å²) in [6.45, 7) is 5.23. The second-order valence-corrected chi connectivity index (χ2v) is 9.81. The molecule has 7 heteroatoms. The molecule has 1 fully saturated rings. The maximum Gasteiger partial charge on any atom is 0.338 e. The quantitative estimate of drug-likeness (QED) is 0.672. The molecule has 0 saturated carbocycles. The molecular formula is C21H24ClNO4S. The highest BCUT2D eigenvalue weighted by Crippen LogP contribution is 2.27. The van der Waals surface area contributed by atoms with Crippen LogP contribution in [0.5, 0.6) is 0 Å². The van der Waals surface area contributed by atoms with Crippen molar-refractivity contribution < 1.29 is 17.9 Å². The number of nitrogens with zero attached hydrogens (tertiary/aromatic N) is 1. The van der Waals surface area contributed by atoms with Crippen molar-refractivity contribution in [1.82, 2.24) is 4.31 Å². The molecule has 0 amide bonds. The third kappa shape index (κ3) is 4.74. The normalized spacial score (nSPS) is 20.7. The first kappa shape index (κ1) is 20.8. The SMILES string of the molecule is C[C@@H]1C[C@H](C)CN(S(=O)(=O)c2ccc(C(=O)OCc3ccccc3Cl)cc2)C1. The van der Waals surface area contributed by atoms with Crippen LogP contribution in [0, 0.1) is 11.8 Å². The van der Waals surface area contributed by atoms with Crippen molar-refractivity contribution in [2.75, 3.05) is 13.1 Å². The lowest BCUT2D eigenvalue weighted by Gasteiger charge is -2.34. The number of piperidine rings is 1. The number of halogens is 1. The van der Waals surface area contributed by atoms with Gasteiger partial charge in [-0.25, -0.2) is 13.2 Å². The van der Waals surface area contributed by atoms with E-state index in [2.05, 4.69) is 13.8 Å². The summed E-state index contributed by atoms with van der Waals surface area (Å²) in [5.74, 6) is 0.138. The van der Waals surface area contributed by atoms with Crippen LogP contribution in [0.15, 0.2) is 53.4 Å². The van der Waals surface area contributed by atoms with Gasteiger partial charge in [-0.15, -0.1) is 0 Å². The molecule has 150 valence electrons. The van der Waals surface area contributed by atoms with Crippen molar-refractivity contribution in [1.29, 1.82) is 0 Å². The minimum atomic E-state index is -3.57. The molecule has 2 atom stereocenters. The number of carbonyl (C=O) groups is 1. The van der Waals surface area contributed by atoms with Crippen molar-refractivity contribution in [3.63, 3.8) is 0 Å². The first-order chi connectivity index (χ1) is 13.3. The molecule has 1 aliphatic rings. The van der Waals surface area contributed by atoms with E-state index >= 15 is 0 Å². The second kappa shape index (κ2) is 8.64. The zero-order chi connectivity index (χ0) is 20.3. The predicted molar refractivity (Wildman–Crippen MR) is 109 cm³/mol. The van der Waals surface area contributed by atoms with Gasteiger partial charge in [-0.1, -0.05) is 43.6 Å². The lowest BCUT2D eigenvalue weighted by molar-refractivity contribution is 0.0472. The molecule has 0 N–H and O–H groups in total. The predicted octanol–water partition coefficient (Wildman–Crippen LogP) is 4.36. The van der Waals surface area contributed by atoms with E-state index in [-0.39, 0.29) is 11.5 Å². The lowest BCUT2D eigenvalue weighted by Crippen LogP contribution is -2.42. The Labute approximate surface area is 171 Å². The van der Waals surface area contributed by atoms with Gasteiger partial charge >= 0.3 is 5.97 Å². The molecule has 0 radical (unpaired) electrons. The summed E-state index contributed by atoms with van der Waals surface area (Å²) in [6.07, 6.45) is 1.03. The van der Waals surface area contributed by atoms with Crippen LogP contribution in [0.4, 0.5) is 0 Å². The van der Waals surface area contributed by atoms with Crippen LogP contribution >= 0.6 is 11.6 Å². The van der Waals surface area contributed by atoms with Crippen LogP contribution in [0.3, 0.4) is 0 Å². The molecule has 28 heavy (non-hydrogen) atoms. The van der Waals surface area contributed by atoms with Crippen LogP contribution in [-0.4, -0.2) is 31.8 Å². The summed E-state index contributed by atoms with van der Waals surface area (Å²) < 4.78 is 32.6. The third-order valence-electron chi connectivity index (χ3n) is 4.88. The van der Waals surface area contributed by atoms with E-state index in [1.165, 1.54) is 28.6 Å². The molecule has 3 rings (SSSR count). The van der Waals surface area contributed by atoms with Gasteiger partial charge in [0.1, 0.15) is 6.61 Å². The average molecular weight is 422 g/mol. The van der Waals surface area contributed by atoms with Crippen molar-refractivity contribution in [3.05, 3.63) is 64.7 Å². The molecule has 2 aromatic rings. The topological polar surface area (TPSA) is 63.7 Å². The fraction of sp³-hybridized carbons (Fsp3) is 0.381. The van der Waals surface area contributed by atoms with Gasteiger partial charge in [0.2, 0.25) is 10.0 Å². The minimum Gasteiger partial charge on any atom is -0.457 e. The van der Waals surface area contributed by atoms with E-state index in [1.54, 1.807) is 18.2 Å². The van der Waals surface area contributed by atoms with E-state index in [1.807, 2.05) is 6.07 Å². The Balaban J connectivity index is 1.68. The summed E-state index contributed by atoms with van der Waals surface area (Å²) in [5, 5.41) is 0.529. The molecule has 2 aromatic carbocycles. The molecule has 1 aliphatic heterocycles. The number of carbonyl (C=O) groups excluding carboxylic acids is 1. The zero-order valence-corrected chi connectivity index (χ0v) is 17.5. The molecule has 0 unspecified atom stereocenters. The smallest absolute Gasteiger partial charge is 0.338 e. The molecular weight excluding hydrogens is 398 g/mol.